The van der Waals surface area contributed by atoms with Crippen LogP contribution in [0, 0.1) is 12.8 Å². The molecule has 0 saturated carbocycles. The molecule has 2 rings (SSSR count). The molecule has 1 aliphatic heterocycles. The van der Waals surface area contributed by atoms with E-state index < -0.39 is 0 Å². The summed E-state index contributed by atoms with van der Waals surface area (Å²) in [6.07, 6.45) is 4.91. The minimum Gasteiger partial charge on any atom is -0.364 e. The molecule has 1 aromatic heterocycles. The van der Waals surface area contributed by atoms with Gasteiger partial charge in [0.05, 0.1) is 0 Å². The molecule has 1 N–H and O–H groups in total. The number of rotatable bonds is 3. The van der Waals surface area contributed by atoms with Gasteiger partial charge in [-0.15, -0.1) is 0 Å². The summed E-state index contributed by atoms with van der Waals surface area (Å²) in [6, 6.07) is 1.48. The Morgan fingerprint density at radius 1 is 1.56 bits per heavy atom. The zero-order valence-corrected chi connectivity index (χ0v) is 11.0. The number of carbonyl (C=O) groups excluding carboxylic acids is 1. The van der Waals surface area contributed by atoms with Crippen molar-refractivity contribution in [1.82, 2.24) is 9.88 Å². The highest BCUT2D eigenvalue weighted by Gasteiger charge is 2.27. The molecule has 1 saturated heterocycles. The van der Waals surface area contributed by atoms with Gasteiger partial charge in [-0.05, 0) is 25.7 Å². The lowest BCUT2D eigenvalue weighted by atomic mass is 10.0. The average molecular weight is 248 g/mol. The number of carbonyl (C=O) groups is 1. The third-order valence-corrected chi connectivity index (χ3v) is 3.56. The zero-order chi connectivity index (χ0) is 13.1. The lowest BCUT2D eigenvalue weighted by Crippen LogP contribution is -2.32. The minimum atomic E-state index is -0.185. The molecule has 1 fully saturated rings. The zero-order valence-electron chi connectivity index (χ0n) is 11.0. The van der Waals surface area contributed by atoms with Crippen molar-refractivity contribution in [1.29, 1.82) is 0 Å². The normalized spacial score (nSPS) is 19.2. The van der Waals surface area contributed by atoms with Crippen molar-refractivity contribution in [3.8, 4) is 0 Å². The van der Waals surface area contributed by atoms with Gasteiger partial charge >= 0.3 is 0 Å². The van der Waals surface area contributed by atoms with Gasteiger partial charge in [-0.1, -0.05) is 13.3 Å². The van der Waals surface area contributed by atoms with Gasteiger partial charge in [0.25, 0.3) is 5.91 Å². The van der Waals surface area contributed by atoms with E-state index in [0.29, 0.717) is 5.92 Å². The molecule has 1 unspecified atom stereocenters. The Kier molecular flexibility index (Phi) is 3.84. The fraction of sp³-hybridized carbons (Fsp3) is 0.571. The molecule has 0 spiro atoms. The quantitative estimate of drug-likeness (QED) is 0.888. The molecule has 0 aliphatic carbocycles. The number of hydrogen-bond acceptors (Lipinski definition) is 2. The van der Waals surface area contributed by atoms with Gasteiger partial charge in [0.1, 0.15) is 5.56 Å². The summed E-state index contributed by atoms with van der Waals surface area (Å²) in [5.74, 6) is 0.471. The van der Waals surface area contributed by atoms with E-state index in [4.69, 9.17) is 0 Å². The number of amides is 1. The molecular weight excluding hydrogens is 228 g/mol. The number of likely N-dealkylation sites (tertiary alicyclic amines) is 1. The fourth-order valence-electron chi connectivity index (χ4n) is 2.57. The number of nitrogens with zero attached hydrogens (tertiary/aromatic N) is 1. The minimum absolute atomic E-state index is 0.130. The largest absolute Gasteiger partial charge is 0.364 e. The molecule has 1 atom stereocenters. The molecule has 1 amide bonds. The predicted molar refractivity (Wildman–Crippen MR) is 70.7 cm³/mol. The van der Waals surface area contributed by atoms with E-state index in [0.717, 1.165) is 38.0 Å². The first kappa shape index (κ1) is 12.9. The van der Waals surface area contributed by atoms with Gasteiger partial charge < -0.3 is 9.88 Å². The van der Waals surface area contributed by atoms with Crippen LogP contribution < -0.4 is 5.43 Å². The average Bonchev–Trinajstić information content (AvgIpc) is 2.77. The number of hydrogen-bond donors (Lipinski definition) is 1. The third-order valence-electron chi connectivity index (χ3n) is 3.56. The molecule has 1 aliphatic rings. The molecule has 4 nitrogen and oxygen atoms in total. The Balaban J connectivity index is 2.10. The Bertz CT molecular complexity index is 493. The highest BCUT2D eigenvalue weighted by atomic mass is 16.2. The first-order valence-electron chi connectivity index (χ1n) is 6.60. The van der Waals surface area contributed by atoms with Crippen LogP contribution in [0.2, 0.25) is 0 Å². The Morgan fingerprint density at radius 2 is 2.33 bits per heavy atom. The molecule has 2 heterocycles. The van der Waals surface area contributed by atoms with Gasteiger partial charge in [0.2, 0.25) is 0 Å². The number of aryl methyl sites for hydroxylation is 1. The van der Waals surface area contributed by atoms with Crippen LogP contribution in [0.3, 0.4) is 0 Å². The van der Waals surface area contributed by atoms with Crippen molar-refractivity contribution in [2.75, 3.05) is 13.1 Å². The molecule has 0 aromatic carbocycles. The van der Waals surface area contributed by atoms with E-state index in [1.54, 1.807) is 4.90 Å². The Morgan fingerprint density at radius 3 is 3.00 bits per heavy atom. The monoisotopic (exact) mass is 248 g/mol. The van der Waals surface area contributed by atoms with Gasteiger partial charge in [-0.25, -0.2) is 0 Å². The van der Waals surface area contributed by atoms with Crippen molar-refractivity contribution >= 4 is 5.91 Å². The topological polar surface area (TPSA) is 53.2 Å². The van der Waals surface area contributed by atoms with Crippen LogP contribution in [0.4, 0.5) is 0 Å². The van der Waals surface area contributed by atoms with Crippen LogP contribution in [0.5, 0.6) is 0 Å². The maximum Gasteiger partial charge on any atom is 0.259 e. The Hall–Kier alpha value is -1.58. The van der Waals surface area contributed by atoms with Crippen molar-refractivity contribution in [3.05, 3.63) is 33.7 Å². The molecule has 0 radical (unpaired) electrons. The van der Waals surface area contributed by atoms with Crippen molar-refractivity contribution < 1.29 is 4.79 Å². The maximum atomic E-state index is 12.2. The van der Waals surface area contributed by atoms with Crippen LogP contribution in [0.25, 0.3) is 0 Å². The van der Waals surface area contributed by atoms with Crippen molar-refractivity contribution in [2.45, 2.75) is 33.1 Å². The van der Waals surface area contributed by atoms with E-state index in [1.165, 1.54) is 12.3 Å². The third kappa shape index (κ3) is 2.63. The number of aromatic nitrogens is 1. The van der Waals surface area contributed by atoms with Gasteiger partial charge in [0.15, 0.2) is 5.43 Å². The highest BCUT2D eigenvalue weighted by molar-refractivity contribution is 5.94. The van der Waals surface area contributed by atoms with Crippen molar-refractivity contribution in [2.24, 2.45) is 5.92 Å². The summed E-state index contributed by atoms with van der Waals surface area (Å²) in [5.41, 5.74) is 0.856. The molecule has 1 aromatic rings. The standard InChI is InChI=1S/C14H20N2O2/c1-3-4-11-5-6-16(9-11)14(18)12-8-15-10(2)7-13(12)17/h7-8,11H,3-6,9H2,1-2H3,(H,15,17). The van der Waals surface area contributed by atoms with E-state index in [-0.39, 0.29) is 16.9 Å². The maximum absolute atomic E-state index is 12.2. The second-order valence-electron chi connectivity index (χ2n) is 5.09. The predicted octanol–water partition coefficient (Wildman–Crippen LogP) is 1.95. The SMILES string of the molecule is CCCC1CCN(C(=O)c2c[nH]c(C)cc2=O)C1. The molecular formula is C14H20N2O2. The molecule has 98 valence electrons. The van der Waals surface area contributed by atoms with E-state index in [2.05, 4.69) is 11.9 Å². The lowest BCUT2D eigenvalue weighted by Gasteiger charge is -2.16. The number of pyridine rings is 1. The first-order valence-corrected chi connectivity index (χ1v) is 6.60. The second kappa shape index (κ2) is 5.38. The van der Waals surface area contributed by atoms with E-state index in [9.17, 15) is 9.59 Å². The first-order chi connectivity index (χ1) is 8.61. The summed E-state index contributed by atoms with van der Waals surface area (Å²) >= 11 is 0. The number of H-pyrrole nitrogens is 1. The summed E-state index contributed by atoms with van der Waals surface area (Å²) in [4.78, 5) is 28.8. The van der Waals surface area contributed by atoms with Gasteiger partial charge in [-0.3, -0.25) is 9.59 Å². The highest BCUT2D eigenvalue weighted by Crippen LogP contribution is 2.21. The smallest absolute Gasteiger partial charge is 0.259 e. The van der Waals surface area contributed by atoms with Crippen LogP contribution in [-0.2, 0) is 0 Å². The fourth-order valence-corrected chi connectivity index (χ4v) is 2.57. The molecule has 4 heteroatoms. The van der Waals surface area contributed by atoms with Crippen molar-refractivity contribution in [3.63, 3.8) is 0 Å². The van der Waals surface area contributed by atoms with Gasteiger partial charge in [-0.2, -0.15) is 0 Å². The lowest BCUT2D eigenvalue weighted by molar-refractivity contribution is 0.0785. The van der Waals surface area contributed by atoms with E-state index in [1.807, 2.05) is 6.92 Å². The van der Waals surface area contributed by atoms with Gasteiger partial charge in [0, 0.05) is 31.0 Å². The summed E-state index contributed by atoms with van der Waals surface area (Å²) < 4.78 is 0. The number of nitrogens with one attached hydrogen (secondary N) is 1. The van der Waals surface area contributed by atoms with Crippen LogP contribution in [0.15, 0.2) is 17.1 Å². The summed E-state index contributed by atoms with van der Waals surface area (Å²) in [5, 5.41) is 0. The summed E-state index contributed by atoms with van der Waals surface area (Å²) in [6.45, 7) is 5.54. The summed E-state index contributed by atoms with van der Waals surface area (Å²) in [7, 11) is 0. The van der Waals surface area contributed by atoms with Crippen LogP contribution >= 0.6 is 0 Å². The second-order valence-corrected chi connectivity index (χ2v) is 5.09. The van der Waals surface area contributed by atoms with E-state index >= 15 is 0 Å². The molecule has 18 heavy (non-hydrogen) atoms. The number of aromatic amines is 1. The molecule has 0 bridgehead atoms. The van der Waals surface area contributed by atoms with Crippen LogP contribution in [0.1, 0.15) is 42.2 Å². The van der Waals surface area contributed by atoms with Crippen LogP contribution in [-0.4, -0.2) is 28.9 Å². The Labute approximate surface area is 107 Å².